The average molecular weight is 264 g/mol. The molecular weight excluding hydrogens is 244 g/mol. The van der Waals surface area contributed by atoms with Gasteiger partial charge in [-0.1, -0.05) is 18.2 Å². The minimum absolute atomic E-state index is 0.162. The molecule has 1 aliphatic rings. The third-order valence-corrected chi connectivity index (χ3v) is 3.46. The van der Waals surface area contributed by atoms with Crippen LogP contribution in [0.15, 0.2) is 24.3 Å². The molecule has 5 heteroatoms. The Hall–Kier alpha value is -1.59. The van der Waals surface area contributed by atoms with Crippen LogP contribution in [0.3, 0.4) is 0 Å². The summed E-state index contributed by atoms with van der Waals surface area (Å²) >= 11 is 0. The Labute approximate surface area is 113 Å². The highest BCUT2D eigenvalue weighted by Gasteiger charge is 2.38. The maximum atomic E-state index is 12.2. The van der Waals surface area contributed by atoms with E-state index < -0.39 is 5.54 Å². The van der Waals surface area contributed by atoms with E-state index in [4.69, 9.17) is 15.2 Å². The molecule has 1 aliphatic heterocycles. The van der Waals surface area contributed by atoms with Crippen molar-refractivity contribution in [2.45, 2.75) is 24.9 Å². The topological polar surface area (TPSA) is 73.6 Å². The van der Waals surface area contributed by atoms with E-state index in [2.05, 4.69) is 5.32 Å². The van der Waals surface area contributed by atoms with Crippen LogP contribution in [0.5, 0.6) is 5.75 Å². The van der Waals surface area contributed by atoms with Gasteiger partial charge >= 0.3 is 0 Å². The molecule has 1 amide bonds. The smallest absolute Gasteiger partial charge is 0.243 e. The number of methoxy groups -OCH3 is 1. The number of carbonyl (C=O) groups is 1. The summed E-state index contributed by atoms with van der Waals surface area (Å²) in [6, 6.07) is 7.45. The molecule has 1 saturated heterocycles. The van der Waals surface area contributed by atoms with Crippen LogP contribution < -0.4 is 15.8 Å². The van der Waals surface area contributed by atoms with Crippen molar-refractivity contribution in [1.29, 1.82) is 0 Å². The molecule has 0 spiro atoms. The van der Waals surface area contributed by atoms with Gasteiger partial charge in [-0.05, 0) is 19.4 Å². The first-order valence-corrected chi connectivity index (χ1v) is 6.37. The predicted molar refractivity (Wildman–Crippen MR) is 71.9 cm³/mol. The lowest BCUT2D eigenvalue weighted by Gasteiger charge is -2.24. The number of nitrogens with one attached hydrogen (secondary N) is 1. The Bertz CT molecular complexity index is 456. The van der Waals surface area contributed by atoms with Crippen molar-refractivity contribution in [1.82, 2.24) is 5.32 Å². The van der Waals surface area contributed by atoms with Crippen molar-refractivity contribution in [3.8, 4) is 5.75 Å². The minimum Gasteiger partial charge on any atom is -0.496 e. The highest BCUT2D eigenvalue weighted by Crippen LogP contribution is 2.25. The molecule has 1 aromatic rings. The molecule has 2 unspecified atom stereocenters. The van der Waals surface area contributed by atoms with Crippen molar-refractivity contribution in [2.75, 3.05) is 20.3 Å². The summed E-state index contributed by atoms with van der Waals surface area (Å²) in [5.74, 6) is 0.576. The van der Waals surface area contributed by atoms with Gasteiger partial charge in [0.15, 0.2) is 0 Å². The van der Waals surface area contributed by atoms with Gasteiger partial charge in [0.25, 0.3) is 0 Å². The van der Waals surface area contributed by atoms with Gasteiger partial charge in [-0.25, -0.2) is 0 Å². The second-order valence-corrected chi connectivity index (χ2v) is 4.90. The highest BCUT2D eigenvalue weighted by atomic mass is 16.5. The lowest BCUT2D eigenvalue weighted by Crippen LogP contribution is -2.54. The molecule has 19 heavy (non-hydrogen) atoms. The van der Waals surface area contributed by atoms with Gasteiger partial charge in [0, 0.05) is 12.2 Å². The van der Waals surface area contributed by atoms with Gasteiger partial charge in [-0.3, -0.25) is 4.79 Å². The molecule has 104 valence electrons. The normalized spacial score (nSPS) is 23.9. The zero-order valence-electron chi connectivity index (χ0n) is 11.3. The largest absolute Gasteiger partial charge is 0.496 e. The Kier molecular flexibility index (Phi) is 4.07. The standard InChI is InChI=1S/C14H20N2O3/c1-10(11-5-3-4-6-12(11)18-2)16-13(17)14(15)7-8-19-9-14/h3-6,10H,7-9,15H2,1-2H3,(H,16,17). The van der Waals surface area contributed by atoms with Crippen molar-refractivity contribution in [3.63, 3.8) is 0 Å². The first-order chi connectivity index (χ1) is 9.07. The lowest BCUT2D eigenvalue weighted by molar-refractivity contribution is -0.127. The number of benzene rings is 1. The molecule has 0 saturated carbocycles. The predicted octanol–water partition coefficient (Wildman–Crippen LogP) is 0.990. The molecule has 2 atom stereocenters. The minimum atomic E-state index is -0.906. The molecule has 1 fully saturated rings. The monoisotopic (exact) mass is 264 g/mol. The van der Waals surface area contributed by atoms with Crippen molar-refractivity contribution < 1.29 is 14.3 Å². The number of rotatable bonds is 4. The summed E-state index contributed by atoms with van der Waals surface area (Å²) in [4.78, 5) is 12.2. The third-order valence-electron chi connectivity index (χ3n) is 3.46. The first-order valence-electron chi connectivity index (χ1n) is 6.37. The number of ether oxygens (including phenoxy) is 2. The Morgan fingerprint density at radius 2 is 2.26 bits per heavy atom. The van der Waals surface area contributed by atoms with Gasteiger partial charge in [0.05, 0.1) is 19.8 Å². The summed E-state index contributed by atoms with van der Waals surface area (Å²) in [5, 5.41) is 2.93. The van der Waals surface area contributed by atoms with Gasteiger partial charge < -0.3 is 20.5 Å². The maximum absolute atomic E-state index is 12.2. The van der Waals surface area contributed by atoms with E-state index in [1.165, 1.54) is 0 Å². The number of hydrogen-bond donors (Lipinski definition) is 2. The van der Waals surface area contributed by atoms with Crippen LogP contribution in [0.25, 0.3) is 0 Å². The fraction of sp³-hybridized carbons (Fsp3) is 0.500. The van der Waals surface area contributed by atoms with Crippen LogP contribution in [0, 0.1) is 0 Å². The van der Waals surface area contributed by atoms with E-state index in [9.17, 15) is 4.79 Å². The molecular formula is C14H20N2O3. The van der Waals surface area contributed by atoms with Gasteiger partial charge in [0.1, 0.15) is 11.3 Å². The zero-order chi connectivity index (χ0) is 13.9. The Morgan fingerprint density at radius 1 is 1.53 bits per heavy atom. The van der Waals surface area contributed by atoms with Crippen molar-refractivity contribution >= 4 is 5.91 Å². The average Bonchev–Trinajstić information content (AvgIpc) is 2.87. The first kappa shape index (κ1) is 13.8. The number of nitrogens with two attached hydrogens (primary N) is 1. The Balaban J connectivity index is 2.08. The summed E-state index contributed by atoms with van der Waals surface area (Å²) in [6.45, 7) is 2.72. The van der Waals surface area contributed by atoms with Gasteiger partial charge in [-0.2, -0.15) is 0 Å². The van der Waals surface area contributed by atoms with E-state index in [0.717, 1.165) is 11.3 Å². The maximum Gasteiger partial charge on any atom is 0.243 e. The number of para-hydroxylation sites is 1. The molecule has 0 radical (unpaired) electrons. The second kappa shape index (κ2) is 5.59. The van der Waals surface area contributed by atoms with Crippen molar-refractivity contribution in [2.24, 2.45) is 5.73 Å². The fourth-order valence-corrected chi connectivity index (χ4v) is 2.20. The van der Waals surface area contributed by atoms with Crippen LogP contribution in [-0.2, 0) is 9.53 Å². The lowest BCUT2D eigenvalue weighted by atomic mass is 9.98. The van der Waals surface area contributed by atoms with Crippen LogP contribution >= 0.6 is 0 Å². The summed E-state index contributed by atoms with van der Waals surface area (Å²) < 4.78 is 10.5. The SMILES string of the molecule is COc1ccccc1C(C)NC(=O)C1(N)CCOC1. The number of hydrogen-bond acceptors (Lipinski definition) is 4. The van der Waals surface area contributed by atoms with E-state index in [-0.39, 0.29) is 18.6 Å². The van der Waals surface area contributed by atoms with E-state index >= 15 is 0 Å². The van der Waals surface area contributed by atoms with E-state index in [1.807, 2.05) is 31.2 Å². The van der Waals surface area contributed by atoms with Gasteiger partial charge in [-0.15, -0.1) is 0 Å². The molecule has 1 heterocycles. The fourth-order valence-electron chi connectivity index (χ4n) is 2.20. The molecule has 0 aromatic heterocycles. The van der Waals surface area contributed by atoms with E-state index in [0.29, 0.717) is 13.0 Å². The molecule has 2 rings (SSSR count). The van der Waals surface area contributed by atoms with Crippen LogP contribution in [0.1, 0.15) is 24.9 Å². The van der Waals surface area contributed by atoms with Crippen LogP contribution in [-0.4, -0.2) is 31.8 Å². The van der Waals surface area contributed by atoms with E-state index in [1.54, 1.807) is 7.11 Å². The molecule has 0 bridgehead atoms. The molecule has 5 nitrogen and oxygen atoms in total. The van der Waals surface area contributed by atoms with Crippen LogP contribution in [0.4, 0.5) is 0 Å². The van der Waals surface area contributed by atoms with Crippen LogP contribution in [0.2, 0.25) is 0 Å². The van der Waals surface area contributed by atoms with Gasteiger partial charge in [0.2, 0.25) is 5.91 Å². The Morgan fingerprint density at radius 3 is 2.89 bits per heavy atom. The quantitative estimate of drug-likeness (QED) is 0.850. The number of amides is 1. The molecule has 0 aliphatic carbocycles. The molecule has 3 N–H and O–H groups in total. The number of carbonyl (C=O) groups excluding carboxylic acids is 1. The summed E-state index contributed by atoms with van der Waals surface area (Å²) in [7, 11) is 1.61. The summed E-state index contributed by atoms with van der Waals surface area (Å²) in [5.41, 5.74) is 6.06. The molecule has 1 aromatic carbocycles. The third kappa shape index (κ3) is 2.88. The zero-order valence-corrected chi connectivity index (χ0v) is 11.3. The highest BCUT2D eigenvalue weighted by molar-refractivity contribution is 5.87. The second-order valence-electron chi connectivity index (χ2n) is 4.90. The van der Waals surface area contributed by atoms with Crippen molar-refractivity contribution in [3.05, 3.63) is 29.8 Å². The summed E-state index contributed by atoms with van der Waals surface area (Å²) in [6.07, 6.45) is 0.553.